The van der Waals surface area contributed by atoms with E-state index in [1.165, 1.54) is 12.1 Å². The number of piperidine rings is 1. The highest BCUT2D eigenvalue weighted by atomic mass is 35.5. The Kier molecular flexibility index (Phi) is 8.65. The van der Waals surface area contributed by atoms with Crippen molar-refractivity contribution in [3.8, 4) is 0 Å². The standard InChI is InChI=1S/C18H17ClF3N.C4H4O4/c19-17-7-6-13(10-16(17)18(20,21)22)14-8-9-23-11-15(14)12-4-2-1-3-5-12;5-3(6)1-2-4(7)8/h1-7,10,14-15,23H,8-9,11H2;1-2H,(H,5,6)(H,7,8)/b;2-1-/t14-,15-;/m1./s1. The van der Waals surface area contributed by atoms with Crippen molar-refractivity contribution in [3.63, 3.8) is 0 Å². The van der Waals surface area contributed by atoms with Crippen molar-refractivity contribution in [3.05, 3.63) is 82.4 Å². The van der Waals surface area contributed by atoms with Crippen molar-refractivity contribution in [2.45, 2.75) is 24.4 Å². The maximum absolute atomic E-state index is 13.1. The Labute approximate surface area is 182 Å². The summed E-state index contributed by atoms with van der Waals surface area (Å²) in [7, 11) is 0. The Balaban J connectivity index is 0.000000366. The number of alkyl halides is 3. The maximum atomic E-state index is 13.1. The normalized spacial score (nSPS) is 18.8. The lowest BCUT2D eigenvalue weighted by Crippen LogP contribution is -2.34. The van der Waals surface area contributed by atoms with E-state index in [0.717, 1.165) is 25.1 Å². The molecule has 1 aliphatic heterocycles. The highest BCUT2D eigenvalue weighted by Gasteiger charge is 2.35. The number of nitrogens with one attached hydrogen (secondary N) is 1. The molecule has 2 aromatic carbocycles. The van der Waals surface area contributed by atoms with Crippen LogP contribution in [0.3, 0.4) is 0 Å². The van der Waals surface area contributed by atoms with Crippen LogP contribution in [0.25, 0.3) is 0 Å². The summed E-state index contributed by atoms with van der Waals surface area (Å²) in [4.78, 5) is 19.1. The predicted molar refractivity (Wildman–Crippen MR) is 110 cm³/mol. The second-order valence-electron chi connectivity index (χ2n) is 6.86. The monoisotopic (exact) mass is 455 g/mol. The Bertz CT molecular complexity index is 916. The summed E-state index contributed by atoms with van der Waals surface area (Å²) in [5, 5.41) is 18.7. The number of benzene rings is 2. The van der Waals surface area contributed by atoms with Crippen LogP contribution in [0.4, 0.5) is 13.2 Å². The zero-order valence-corrected chi connectivity index (χ0v) is 17.0. The van der Waals surface area contributed by atoms with Gasteiger partial charge in [-0.15, -0.1) is 0 Å². The smallest absolute Gasteiger partial charge is 0.417 e. The van der Waals surface area contributed by atoms with Gasteiger partial charge in [0.25, 0.3) is 0 Å². The molecule has 0 bridgehead atoms. The minimum Gasteiger partial charge on any atom is -0.478 e. The third-order valence-corrected chi connectivity index (χ3v) is 5.13. The lowest BCUT2D eigenvalue weighted by Gasteiger charge is -2.33. The molecule has 9 heteroatoms. The molecule has 0 aromatic heterocycles. The lowest BCUT2D eigenvalue weighted by atomic mass is 9.77. The third kappa shape index (κ3) is 7.41. The highest BCUT2D eigenvalue weighted by molar-refractivity contribution is 6.31. The summed E-state index contributed by atoms with van der Waals surface area (Å²) in [5.41, 5.74) is 1.10. The van der Waals surface area contributed by atoms with E-state index < -0.39 is 23.7 Å². The SMILES string of the molecule is FC(F)(F)c1cc([C@H]2CCNC[C@@H]2c2ccccc2)ccc1Cl.O=C(O)/C=C\C(=O)O. The number of rotatable bonds is 4. The average molecular weight is 456 g/mol. The molecule has 1 saturated heterocycles. The first-order chi connectivity index (χ1) is 14.6. The van der Waals surface area contributed by atoms with Crippen LogP contribution in [0.15, 0.2) is 60.7 Å². The second-order valence-corrected chi connectivity index (χ2v) is 7.27. The fourth-order valence-corrected chi connectivity index (χ4v) is 3.67. The van der Waals surface area contributed by atoms with Crippen LogP contribution in [0.5, 0.6) is 0 Å². The Morgan fingerprint density at radius 1 is 0.968 bits per heavy atom. The molecule has 0 radical (unpaired) electrons. The van der Waals surface area contributed by atoms with E-state index in [0.29, 0.717) is 17.7 Å². The molecule has 1 aliphatic rings. The van der Waals surface area contributed by atoms with E-state index in [4.69, 9.17) is 21.8 Å². The molecule has 31 heavy (non-hydrogen) atoms. The molecule has 0 amide bonds. The van der Waals surface area contributed by atoms with Gasteiger partial charge in [0.05, 0.1) is 10.6 Å². The predicted octanol–water partition coefficient (Wildman–Crippen LogP) is 4.93. The van der Waals surface area contributed by atoms with Crippen LogP contribution in [0.1, 0.15) is 34.9 Å². The molecule has 0 saturated carbocycles. The topological polar surface area (TPSA) is 86.6 Å². The fourth-order valence-electron chi connectivity index (χ4n) is 3.44. The van der Waals surface area contributed by atoms with E-state index >= 15 is 0 Å². The number of halogens is 4. The number of carbonyl (C=O) groups is 2. The molecule has 0 unspecified atom stereocenters. The number of carboxylic acid groups (broad SMARTS) is 2. The van der Waals surface area contributed by atoms with E-state index in [1.807, 2.05) is 30.3 Å². The molecule has 0 spiro atoms. The molecule has 1 heterocycles. The van der Waals surface area contributed by atoms with Crippen molar-refractivity contribution < 1.29 is 33.0 Å². The molecular formula is C22H21ClF3NO4. The quantitative estimate of drug-likeness (QED) is 0.569. The van der Waals surface area contributed by atoms with Gasteiger partial charge in [0, 0.05) is 24.6 Å². The summed E-state index contributed by atoms with van der Waals surface area (Å²) in [6.07, 6.45) is -2.51. The number of carboxylic acids is 2. The lowest BCUT2D eigenvalue weighted by molar-refractivity contribution is -0.137. The van der Waals surface area contributed by atoms with Gasteiger partial charge >= 0.3 is 18.1 Å². The van der Waals surface area contributed by atoms with Gasteiger partial charge in [0.2, 0.25) is 0 Å². The van der Waals surface area contributed by atoms with Crippen molar-refractivity contribution in [2.24, 2.45) is 0 Å². The molecule has 166 valence electrons. The van der Waals surface area contributed by atoms with Gasteiger partial charge in [0.1, 0.15) is 0 Å². The summed E-state index contributed by atoms with van der Waals surface area (Å²) in [5.74, 6) is -2.30. The van der Waals surface area contributed by atoms with Crippen LogP contribution < -0.4 is 5.32 Å². The van der Waals surface area contributed by atoms with Gasteiger partial charge in [0.15, 0.2) is 0 Å². The summed E-state index contributed by atoms with van der Waals surface area (Å²) >= 11 is 5.74. The first-order valence-electron chi connectivity index (χ1n) is 9.36. The van der Waals surface area contributed by atoms with E-state index in [-0.39, 0.29) is 16.9 Å². The fraction of sp³-hybridized carbons (Fsp3) is 0.273. The Hall–Kier alpha value is -2.84. The van der Waals surface area contributed by atoms with E-state index in [9.17, 15) is 22.8 Å². The van der Waals surface area contributed by atoms with Gasteiger partial charge < -0.3 is 15.5 Å². The summed E-state index contributed by atoms with van der Waals surface area (Å²) in [6, 6.07) is 14.2. The molecule has 2 aromatic rings. The van der Waals surface area contributed by atoms with Crippen LogP contribution in [-0.2, 0) is 15.8 Å². The molecule has 3 N–H and O–H groups in total. The molecule has 0 aliphatic carbocycles. The minimum atomic E-state index is -4.43. The van der Waals surface area contributed by atoms with Crippen molar-refractivity contribution in [2.75, 3.05) is 13.1 Å². The van der Waals surface area contributed by atoms with E-state index in [1.54, 1.807) is 6.07 Å². The summed E-state index contributed by atoms with van der Waals surface area (Å²) in [6.45, 7) is 1.57. The molecular weight excluding hydrogens is 435 g/mol. The first-order valence-corrected chi connectivity index (χ1v) is 9.73. The Morgan fingerprint density at radius 2 is 1.58 bits per heavy atom. The maximum Gasteiger partial charge on any atom is 0.417 e. The van der Waals surface area contributed by atoms with Crippen LogP contribution in [0, 0.1) is 0 Å². The third-order valence-electron chi connectivity index (χ3n) is 4.80. The van der Waals surface area contributed by atoms with Crippen molar-refractivity contribution >= 4 is 23.5 Å². The number of hydrogen-bond donors (Lipinski definition) is 3. The molecule has 1 fully saturated rings. The van der Waals surface area contributed by atoms with Crippen molar-refractivity contribution in [1.29, 1.82) is 0 Å². The average Bonchev–Trinajstić information content (AvgIpc) is 2.73. The highest BCUT2D eigenvalue weighted by Crippen LogP contribution is 2.41. The molecule has 5 nitrogen and oxygen atoms in total. The Morgan fingerprint density at radius 3 is 2.13 bits per heavy atom. The van der Waals surface area contributed by atoms with Gasteiger partial charge in [-0.3, -0.25) is 0 Å². The van der Waals surface area contributed by atoms with Gasteiger partial charge in [-0.25, -0.2) is 9.59 Å². The van der Waals surface area contributed by atoms with Crippen molar-refractivity contribution in [1.82, 2.24) is 5.32 Å². The van der Waals surface area contributed by atoms with Gasteiger partial charge in [-0.1, -0.05) is 48.0 Å². The van der Waals surface area contributed by atoms with Gasteiger partial charge in [-0.05, 0) is 42.1 Å². The van der Waals surface area contributed by atoms with Crippen LogP contribution in [0.2, 0.25) is 5.02 Å². The number of aliphatic carboxylic acids is 2. The molecule has 2 atom stereocenters. The zero-order valence-electron chi connectivity index (χ0n) is 16.3. The van der Waals surface area contributed by atoms with E-state index in [2.05, 4.69) is 5.32 Å². The second kappa shape index (κ2) is 11.0. The van der Waals surface area contributed by atoms with Gasteiger partial charge in [-0.2, -0.15) is 13.2 Å². The summed E-state index contributed by atoms with van der Waals surface area (Å²) < 4.78 is 39.4. The molecule has 3 rings (SSSR count). The largest absolute Gasteiger partial charge is 0.478 e. The first kappa shape index (κ1) is 24.4. The van der Waals surface area contributed by atoms with Crippen LogP contribution >= 0.6 is 11.6 Å². The zero-order chi connectivity index (χ0) is 23.0. The number of hydrogen-bond acceptors (Lipinski definition) is 3. The van der Waals surface area contributed by atoms with Crippen LogP contribution in [-0.4, -0.2) is 35.2 Å². The minimum absolute atomic E-state index is 0.0528.